The maximum absolute atomic E-state index is 11.1. The molecule has 1 aromatic rings. The molecule has 0 radical (unpaired) electrons. The van der Waals surface area contributed by atoms with Crippen molar-refractivity contribution in [1.82, 2.24) is 0 Å². The average Bonchev–Trinajstić information content (AvgIpc) is 2.27. The minimum atomic E-state index is -1.33. The van der Waals surface area contributed by atoms with Crippen molar-refractivity contribution >= 4 is 5.97 Å². The number of carbonyl (C=O) groups is 1. The van der Waals surface area contributed by atoms with Gasteiger partial charge in [0.15, 0.2) is 0 Å². The number of rotatable bonds is 4. The molecule has 2 N–H and O–H groups in total. The zero-order chi connectivity index (χ0) is 12.3. The first-order valence-electron chi connectivity index (χ1n) is 5.41. The predicted octanol–water partition coefficient (Wildman–Crippen LogP) is 2.25. The quantitative estimate of drug-likeness (QED) is 0.821. The van der Waals surface area contributed by atoms with Crippen LogP contribution in [0, 0.1) is 11.8 Å². The summed E-state index contributed by atoms with van der Waals surface area (Å²) in [4.78, 5) is 11.1. The Morgan fingerprint density at radius 2 is 1.69 bits per heavy atom. The van der Waals surface area contributed by atoms with Crippen molar-refractivity contribution in [2.45, 2.75) is 26.4 Å². The molecule has 0 aliphatic carbocycles. The number of hydrogen-bond acceptors (Lipinski definition) is 2. The van der Waals surface area contributed by atoms with Crippen LogP contribution in [0.3, 0.4) is 0 Å². The van der Waals surface area contributed by atoms with Crippen LogP contribution in [-0.4, -0.2) is 16.2 Å². The molecule has 0 saturated carbocycles. The lowest BCUT2D eigenvalue weighted by Crippen LogP contribution is -2.42. The van der Waals surface area contributed by atoms with Gasteiger partial charge in [-0.2, -0.15) is 0 Å². The van der Waals surface area contributed by atoms with Crippen molar-refractivity contribution in [3.05, 3.63) is 35.9 Å². The van der Waals surface area contributed by atoms with Crippen molar-refractivity contribution < 1.29 is 15.0 Å². The molecule has 0 spiro atoms. The van der Waals surface area contributed by atoms with Crippen LogP contribution in [0.1, 0.15) is 26.3 Å². The fourth-order valence-electron chi connectivity index (χ4n) is 1.98. The molecular formula is C13H18O3. The van der Waals surface area contributed by atoms with Gasteiger partial charge in [-0.25, -0.2) is 0 Å². The van der Waals surface area contributed by atoms with Gasteiger partial charge in [0.1, 0.15) is 5.60 Å². The van der Waals surface area contributed by atoms with Crippen LogP contribution in [-0.2, 0) is 10.4 Å². The number of aliphatic hydroxyl groups is 1. The maximum Gasteiger partial charge on any atom is 0.309 e. The van der Waals surface area contributed by atoms with Gasteiger partial charge in [0.05, 0.1) is 5.92 Å². The monoisotopic (exact) mass is 222 g/mol. The van der Waals surface area contributed by atoms with Crippen LogP contribution in [0.4, 0.5) is 0 Å². The molecule has 2 unspecified atom stereocenters. The number of hydrogen-bond donors (Lipinski definition) is 2. The van der Waals surface area contributed by atoms with E-state index in [2.05, 4.69) is 0 Å². The lowest BCUT2D eigenvalue weighted by Gasteiger charge is -2.36. The summed E-state index contributed by atoms with van der Waals surface area (Å²) in [7, 11) is 0. The summed E-state index contributed by atoms with van der Waals surface area (Å²) < 4.78 is 0. The van der Waals surface area contributed by atoms with Gasteiger partial charge in [-0.15, -0.1) is 0 Å². The molecule has 0 aliphatic rings. The van der Waals surface area contributed by atoms with Crippen LogP contribution in [0.2, 0.25) is 0 Å². The standard InChI is InChI=1S/C13H18O3/c1-9(2)13(16,10(3)12(14)15)11-7-5-4-6-8-11/h4-10,16H,1-3H3,(H,14,15). The van der Waals surface area contributed by atoms with Crippen molar-refractivity contribution in [2.24, 2.45) is 11.8 Å². The fraction of sp³-hybridized carbons (Fsp3) is 0.462. The van der Waals surface area contributed by atoms with E-state index in [-0.39, 0.29) is 5.92 Å². The van der Waals surface area contributed by atoms with E-state index in [0.717, 1.165) is 0 Å². The highest BCUT2D eigenvalue weighted by atomic mass is 16.4. The first kappa shape index (κ1) is 12.7. The highest BCUT2D eigenvalue weighted by Gasteiger charge is 2.42. The fourth-order valence-corrected chi connectivity index (χ4v) is 1.98. The van der Waals surface area contributed by atoms with Gasteiger partial charge in [-0.05, 0) is 18.4 Å². The Hall–Kier alpha value is -1.35. The Kier molecular flexibility index (Phi) is 3.70. The smallest absolute Gasteiger partial charge is 0.309 e. The maximum atomic E-state index is 11.1. The Labute approximate surface area is 95.7 Å². The molecule has 1 rings (SSSR count). The molecule has 0 aliphatic heterocycles. The molecule has 3 nitrogen and oxygen atoms in total. The lowest BCUT2D eigenvalue weighted by atomic mass is 9.74. The summed E-state index contributed by atoms with van der Waals surface area (Å²) in [6.07, 6.45) is 0. The van der Waals surface area contributed by atoms with Gasteiger partial charge in [0.2, 0.25) is 0 Å². The highest BCUT2D eigenvalue weighted by Crippen LogP contribution is 2.36. The largest absolute Gasteiger partial charge is 0.481 e. The van der Waals surface area contributed by atoms with Gasteiger partial charge in [-0.1, -0.05) is 44.2 Å². The molecular weight excluding hydrogens is 204 g/mol. The predicted molar refractivity (Wildman–Crippen MR) is 62.0 cm³/mol. The Bertz CT molecular complexity index is 359. The molecule has 0 aromatic heterocycles. The average molecular weight is 222 g/mol. The van der Waals surface area contributed by atoms with E-state index in [0.29, 0.717) is 5.56 Å². The third-order valence-electron chi connectivity index (χ3n) is 3.15. The number of carboxylic acid groups (broad SMARTS) is 1. The summed E-state index contributed by atoms with van der Waals surface area (Å²) in [5.41, 5.74) is -0.674. The molecule has 1 aromatic carbocycles. The Balaban J connectivity index is 3.22. The van der Waals surface area contributed by atoms with Crippen molar-refractivity contribution in [2.75, 3.05) is 0 Å². The van der Waals surface area contributed by atoms with E-state index >= 15 is 0 Å². The normalized spacial score (nSPS) is 16.8. The third-order valence-corrected chi connectivity index (χ3v) is 3.15. The summed E-state index contributed by atoms with van der Waals surface area (Å²) in [5.74, 6) is -1.99. The molecule has 0 saturated heterocycles. The van der Waals surface area contributed by atoms with E-state index in [1.165, 1.54) is 6.92 Å². The molecule has 2 atom stereocenters. The Morgan fingerprint density at radius 3 is 2.06 bits per heavy atom. The minimum Gasteiger partial charge on any atom is -0.481 e. The van der Waals surface area contributed by atoms with Crippen LogP contribution >= 0.6 is 0 Å². The zero-order valence-electron chi connectivity index (χ0n) is 9.84. The van der Waals surface area contributed by atoms with Crippen LogP contribution < -0.4 is 0 Å². The zero-order valence-corrected chi connectivity index (χ0v) is 9.84. The molecule has 0 heterocycles. The molecule has 16 heavy (non-hydrogen) atoms. The second kappa shape index (κ2) is 4.66. The van der Waals surface area contributed by atoms with Crippen molar-refractivity contribution in [1.29, 1.82) is 0 Å². The Morgan fingerprint density at radius 1 is 1.19 bits per heavy atom. The molecule has 88 valence electrons. The van der Waals surface area contributed by atoms with Gasteiger partial charge < -0.3 is 10.2 Å². The number of aliphatic carboxylic acids is 1. The van der Waals surface area contributed by atoms with E-state index in [9.17, 15) is 9.90 Å². The van der Waals surface area contributed by atoms with Crippen LogP contribution in [0.15, 0.2) is 30.3 Å². The molecule has 0 bridgehead atoms. The van der Waals surface area contributed by atoms with Gasteiger partial charge in [0, 0.05) is 0 Å². The van der Waals surface area contributed by atoms with Gasteiger partial charge in [0.25, 0.3) is 0 Å². The number of carboxylic acids is 1. The summed E-state index contributed by atoms with van der Waals surface area (Å²) in [6, 6.07) is 8.98. The molecule has 0 fully saturated rings. The minimum absolute atomic E-state index is 0.166. The SMILES string of the molecule is CC(C)C(O)(c1ccccc1)C(C)C(=O)O. The second-order valence-corrected chi connectivity index (χ2v) is 4.41. The van der Waals surface area contributed by atoms with Crippen LogP contribution in [0.25, 0.3) is 0 Å². The summed E-state index contributed by atoms with van der Waals surface area (Å²) in [6.45, 7) is 5.19. The lowest BCUT2D eigenvalue weighted by molar-refractivity contribution is -0.156. The van der Waals surface area contributed by atoms with E-state index in [1.54, 1.807) is 24.3 Å². The van der Waals surface area contributed by atoms with E-state index in [1.807, 2.05) is 19.9 Å². The summed E-state index contributed by atoms with van der Waals surface area (Å²) in [5, 5.41) is 19.7. The van der Waals surface area contributed by atoms with Crippen molar-refractivity contribution in [3.63, 3.8) is 0 Å². The van der Waals surface area contributed by atoms with Crippen molar-refractivity contribution in [3.8, 4) is 0 Å². The first-order valence-corrected chi connectivity index (χ1v) is 5.41. The van der Waals surface area contributed by atoms with Crippen LogP contribution in [0.5, 0.6) is 0 Å². The molecule has 3 heteroatoms. The number of benzene rings is 1. The highest BCUT2D eigenvalue weighted by molar-refractivity contribution is 5.71. The first-order chi connectivity index (χ1) is 7.40. The van der Waals surface area contributed by atoms with E-state index < -0.39 is 17.5 Å². The third kappa shape index (κ3) is 2.09. The second-order valence-electron chi connectivity index (χ2n) is 4.41. The topological polar surface area (TPSA) is 57.5 Å². The van der Waals surface area contributed by atoms with E-state index in [4.69, 9.17) is 5.11 Å². The van der Waals surface area contributed by atoms with Gasteiger partial charge >= 0.3 is 5.97 Å². The molecule has 0 amide bonds. The summed E-state index contributed by atoms with van der Waals surface area (Å²) >= 11 is 0. The van der Waals surface area contributed by atoms with Gasteiger partial charge in [-0.3, -0.25) is 4.79 Å².